The fraction of sp³-hybridized carbons (Fsp3) is 0.105. The van der Waals surface area contributed by atoms with E-state index in [-0.39, 0.29) is 11.5 Å². The Hall–Kier alpha value is -3.26. The van der Waals surface area contributed by atoms with Gasteiger partial charge in [0.15, 0.2) is 5.78 Å². The lowest BCUT2D eigenvalue weighted by Gasteiger charge is -2.06. The van der Waals surface area contributed by atoms with E-state index in [4.69, 9.17) is 5.84 Å². The zero-order valence-corrected chi connectivity index (χ0v) is 15.3. The molecule has 0 unspecified atom stereocenters. The first-order valence-electron chi connectivity index (χ1n) is 8.29. The molecule has 8 heteroatoms. The molecule has 2 aromatic heterocycles. The Morgan fingerprint density at radius 1 is 1.00 bits per heavy atom. The largest absolute Gasteiger partial charge is 0.335 e. The van der Waals surface area contributed by atoms with Crippen molar-refractivity contribution in [1.82, 2.24) is 24.8 Å². The molecule has 0 bridgehead atoms. The number of nitrogen functional groups attached to an aromatic ring is 1. The molecule has 0 aliphatic carbocycles. The molecule has 0 aliphatic rings. The van der Waals surface area contributed by atoms with Gasteiger partial charge in [-0.2, -0.15) is 0 Å². The second-order valence-corrected chi connectivity index (χ2v) is 6.84. The van der Waals surface area contributed by atoms with Crippen LogP contribution in [0.1, 0.15) is 16.1 Å². The second kappa shape index (κ2) is 7.16. The number of fused-ring (bicyclic) bond motifs is 1. The smallest absolute Gasteiger partial charge is 0.210 e. The Morgan fingerprint density at radius 3 is 2.41 bits per heavy atom. The molecule has 0 fully saturated rings. The summed E-state index contributed by atoms with van der Waals surface area (Å²) >= 11 is 1.24. The van der Waals surface area contributed by atoms with Crippen molar-refractivity contribution in [1.29, 1.82) is 0 Å². The number of nitrogens with zero attached hydrogens (tertiary/aromatic N) is 5. The van der Waals surface area contributed by atoms with Crippen LogP contribution in [0, 0.1) is 6.92 Å². The van der Waals surface area contributed by atoms with E-state index < -0.39 is 0 Å². The lowest BCUT2D eigenvalue weighted by atomic mass is 10.2. The maximum absolute atomic E-state index is 12.3. The van der Waals surface area contributed by atoms with Gasteiger partial charge in [0.2, 0.25) is 11.0 Å². The summed E-state index contributed by atoms with van der Waals surface area (Å²) in [6.45, 7) is 1.86. The van der Waals surface area contributed by atoms with Crippen molar-refractivity contribution in [2.75, 3.05) is 11.6 Å². The summed E-state index contributed by atoms with van der Waals surface area (Å²) in [7, 11) is 0. The number of hydrogen-bond acceptors (Lipinski definition) is 7. The molecule has 4 aromatic rings. The van der Waals surface area contributed by atoms with Crippen LogP contribution in [-0.2, 0) is 0 Å². The van der Waals surface area contributed by atoms with Crippen LogP contribution in [0.5, 0.6) is 0 Å². The van der Waals surface area contributed by atoms with Crippen LogP contribution < -0.4 is 5.84 Å². The molecule has 7 nitrogen and oxygen atoms in total. The molecule has 0 saturated heterocycles. The first kappa shape index (κ1) is 17.2. The SMILES string of the molecule is Cc1nc2ccccc2nc1-c1nnc(SCC(=O)c2ccccc2)n1N. The molecule has 2 aromatic carbocycles. The van der Waals surface area contributed by atoms with Gasteiger partial charge in [-0.15, -0.1) is 10.2 Å². The number of para-hydroxylation sites is 2. The van der Waals surface area contributed by atoms with Crippen molar-refractivity contribution >= 4 is 28.6 Å². The predicted octanol–water partition coefficient (Wildman–Crippen LogP) is 2.89. The molecule has 2 heterocycles. The third kappa shape index (κ3) is 3.39. The number of ketones is 1. The van der Waals surface area contributed by atoms with E-state index in [9.17, 15) is 4.79 Å². The zero-order valence-electron chi connectivity index (χ0n) is 14.5. The van der Waals surface area contributed by atoms with Gasteiger partial charge in [-0.3, -0.25) is 4.79 Å². The number of aryl methyl sites for hydroxylation is 1. The number of Topliss-reactive ketones (excluding diaryl/α,β-unsaturated/α-hetero) is 1. The van der Waals surface area contributed by atoms with Gasteiger partial charge in [0.05, 0.1) is 22.5 Å². The van der Waals surface area contributed by atoms with E-state index in [0.29, 0.717) is 27.9 Å². The quantitative estimate of drug-likeness (QED) is 0.325. The Kier molecular flexibility index (Phi) is 4.55. The molecule has 27 heavy (non-hydrogen) atoms. The van der Waals surface area contributed by atoms with E-state index in [1.807, 2.05) is 49.4 Å². The van der Waals surface area contributed by atoms with Crippen LogP contribution in [0.25, 0.3) is 22.6 Å². The number of carbonyl (C=O) groups is 1. The average Bonchev–Trinajstić information content (AvgIpc) is 3.06. The molecule has 0 radical (unpaired) electrons. The normalized spacial score (nSPS) is 11.0. The van der Waals surface area contributed by atoms with Crippen molar-refractivity contribution in [2.24, 2.45) is 0 Å². The summed E-state index contributed by atoms with van der Waals surface area (Å²) in [5.74, 6) is 6.81. The molecule has 0 atom stereocenters. The highest BCUT2D eigenvalue weighted by atomic mass is 32.2. The van der Waals surface area contributed by atoms with Crippen LogP contribution in [0.4, 0.5) is 0 Å². The molecule has 0 saturated carbocycles. The zero-order chi connectivity index (χ0) is 18.8. The van der Waals surface area contributed by atoms with Crippen LogP contribution in [0.3, 0.4) is 0 Å². The van der Waals surface area contributed by atoms with Gasteiger partial charge in [-0.05, 0) is 19.1 Å². The van der Waals surface area contributed by atoms with Crippen molar-refractivity contribution in [3.8, 4) is 11.5 Å². The first-order chi connectivity index (χ1) is 13.1. The summed E-state index contributed by atoms with van der Waals surface area (Å²) < 4.78 is 1.36. The van der Waals surface area contributed by atoms with Gasteiger partial charge in [-0.1, -0.05) is 54.2 Å². The fourth-order valence-electron chi connectivity index (χ4n) is 2.67. The Bertz CT molecular complexity index is 1130. The summed E-state index contributed by atoms with van der Waals surface area (Å²) in [4.78, 5) is 21.4. The van der Waals surface area contributed by atoms with Crippen LogP contribution >= 0.6 is 11.8 Å². The highest BCUT2D eigenvalue weighted by molar-refractivity contribution is 7.99. The standard InChI is InChI=1S/C19H16N6OS/c1-12-17(22-15-10-6-5-9-14(15)21-12)18-23-24-19(25(18)20)27-11-16(26)13-7-3-2-4-8-13/h2-10H,11,20H2,1H3. The molecule has 4 rings (SSSR count). The molecule has 2 N–H and O–H groups in total. The van der Waals surface area contributed by atoms with Gasteiger partial charge in [0.25, 0.3) is 0 Å². The number of aromatic nitrogens is 5. The van der Waals surface area contributed by atoms with Gasteiger partial charge < -0.3 is 5.84 Å². The maximum atomic E-state index is 12.3. The topological polar surface area (TPSA) is 99.6 Å². The number of carbonyl (C=O) groups excluding carboxylic acids is 1. The van der Waals surface area contributed by atoms with E-state index >= 15 is 0 Å². The number of benzene rings is 2. The monoisotopic (exact) mass is 376 g/mol. The molecular weight excluding hydrogens is 360 g/mol. The van der Waals surface area contributed by atoms with E-state index in [1.165, 1.54) is 16.4 Å². The highest BCUT2D eigenvalue weighted by Gasteiger charge is 2.18. The number of hydrogen-bond donors (Lipinski definition) is 1. The van der Waals surface area contributed by atoms with Crippen molar-refractivity contribution in [3.05, 3.63) is 65.9 Å². The van der Waals surface area contributed by atoms with E-state index in [2.05, 4.69) is 20.2 Å². The van der Waals surface area contributed by atoms with Crippen LogP contribution in [-0.4, -0.2) is 36.4 Å². The van der Waals surface area contributed by atoms with E-state index in [1.54, 1.807) is 12.1 Å². The van der Waals surface area contributed by atoms with Gasteiger partial charge in [0, 0.05) is 5.56 Å². The van der Waals surface area contributed by atoms with Gasteiger partial charge in [-0.25, -0.2) is 14.6 Å². The number of nitrogens with two attached hydrogens (primary N) is 1. The summed E-state index contributed by atoms with van der Waals surface area (Å²) in [5, 5.41) is 8.72. The third-order valence-electron chi connectivity index (χ3n) is 4.05. The van der Waals surface area contributed by atoms with Gasteiger partial charge in [0.1, 0.15) is 5.69 Å². The first-order valence-corrected chi connectivity index (χ1v) is 9.27. The Morgan fingerprint density at radius 2 is 1.67 bits per heavy atom. The molecule has 0 amide bonds. The van der Waals surface area contributed by atoms with Crippen molar-refractivity contribution in [3.63, 3.8) is 0 Å². The third-order valence-corrected chi connectivity index (χ3v) is 4.99. The average molecular weight is 376 g/mol. The van der Waals surface area contributed by atoms with E-state index in [0.717, 1.165) is 11.0 Å². The fourth-order valence-corrected chi connectivity index (χ4v) is 3.43. The molecule has 134 valence electrons. The Balaban J connectivity index is 1.59. The predicted molar refractivity (Wildman–Crippen MR) is 105 cm³/mol. The molecule has 0 spiro atoms. The summed E-state index contributed by atoms with van der Waals surface area (Å²) in [6, 6.07) is 16.7. The number of thioether (sulfide) groups is 1. The minimum atomic E-state index is 0.00632. The highest BCUT2D eigenvalue weighted by Crippen LogP contribution is 2.24. The Labute approximate surface area is 159 Å². The van der Waals surface area contributed by atoms with Crippen molar-refractivity contribution in [2.45, 2.75) is 12.1 Å². The van der Waals surface area contributed by atoms with Crippen LogP contribution in [0.15, 0.2) is 59.8 Å². The number of rotatable bonds is 5. The minimum absolute atomic E-state index is 0.00632. The van der Waals surface area contributed by atoms with Gasteiger partial charge >= 0.3 is 0 Å². The van der Waals surface area contributed by atoms with Crippen LogP contribution in [0.2, 0.25) is 0 Å². The maximum Gasteiger partial charge on any atom is 0.210 e. The summed E-state index contributed by atoms with van der Waals surface area (Å²) in [5.41, 5.74) is 3.51. The lowest BCUT2D eigenvalue weighted by molar-refractivity contribution is 0.102. The second-order valence-electron chi connectivity index (χ2n) is 5.90. The van der Waals surface area contributed by atoms with Crippen molar-refractivity contribution < 1.29 is 4.79 Å². The minimum Gasteiger partial charge on any atom is -0.335 e. The molecule has 0 aliphatic heterocycles. The molecular formula is C19H16N6OS. The summed E-state index contributed by atoms with van der Waals surface area (Å²) in [6.07, 6.45) is 0. The lowest BCUT2D eigenvalue weighted by Crippen LogP contribution is -2.14.